The van der Waals surface area contributed by atoms with Gasteiger partial charge < -0.3 is 10.5 Å². The summed E-state index contributed by atoms with van der Waals surface area (Å²) in [5, 5.41) is 1.18. The second-order valence-corrected chi connectivity index (χ2v) is 7.65. The summed E-state index contributed by atoms with van der Waals surface area (Å²) in [5.41, 5.74) is 7.50. The lowest BCUT2D eigenvalue weighted by Crippen LogP contribution is -2.42. The summed E-state index contributed by atoms with van der Waals surface area (Å²) >= 11 is 14.4. The van der Waals surface area contributed by atoms with Crippen molar-refractivity contribution in [3.63, 3.8) is 0 Å². The molecule has 20 heavy (non-hydrogen) atoms. The lowest BCUT2D eigenvalue weighted by molar-refractivity contribution is -0.0834. The van der Waals surface area contributed by atoms with Gasteiger partial charge in [-0.2, -0.15) is 11.8 Å². The van der Waals surface area contributed by atoms with Gasteiger partial charge in [-0.1, -0.05) is 35.3 Å². The molecule has 3 rings (SSSR count). The molecule has 0 saturated carbocycles. The molecule has 2 fully saturated rings. The average molecular weight is 332 g/mol. The van der Waals surface area contributed by atoms with E-state index in [0.717, 1.165) is 37.2 Å². The third-order valence-corrected chi connectivity index (χ3v) is 6.50. The Morgan fingerprint density at radius 2 is 2.25 bits per heavy atom. The van der Waals surface area contributed by atoms with Crippen molar-refractivity contribution in [2.24, 2.45) is 11.7 Å². The van der Waals surface area contributed by atoms with Gasteiger partial charge in [0, 0.05) is 18.4 Å². The molecule has 2 aliphatic rings. The summed E-state index contributed by atoms with van der Waals surface area (Å²) < 4.78 is 6.06. The van der Waals surface area contributed by atoms with Crippen LogP contribution < -0.4 is 5.73 Å². The van der Waals surface area contributed by atoms with E-state index in [1.54, 1.807) is 6.07 Å². The van der Waals surface area contributed by atoms with Crippen LogP contribution in [-0.4, -0.2) is 23.7 Å². The van der Waals surface area contributed by atoms with Crippen LogP contribution in [0.3, 0.4) is 0 Å². The predicted molar refractivity (Wildman–Crippen MR) is 86.7 cm³/mol. The van der Waals surface area contributed by atoms with Gasteiger partial charge in [-0.25, -0.2) is 0 Å². The van der Waals surface area contributed by atoms with Crippen LogP contribution in [0.25, 0.3) is 0 Å². The third-order valence-electron chi connectivity index (χ3n) is 4.45. The maximum absolute atomic E-state index is 6.48. The number of hydrogen-bond acceptors (Lipinski definition) is 3. The zero-order chi connectivity index (χ0) is 14.2. The molecule has 1 aromatic rings. The Bertz CT molecular complexity index is 491. The van der Waals surface area contributed by atoms with Crippen LogP contribution in [0, 0.1) is 5.92 Å². The van der Waals surface area contributed by atoms with Crippen molar-refractivity contribution >= 4 is 35.0 Å². The van der Waals surface area contributed by atoms with E-state index in [1.165, 1.54) is 5.75 Å². The maximum Gasteiger partial charge on any atom is 0.0783 e. The standard InChI is InChI=1S/C15H19Cl2NOS/c16-12-3-1-2-11(13(12)17)14(18)10-4-6-19-15(8-10)5-7-20-9-15/h1-3,10,14H,4-9,18H2. The van der Waals surface area contributed by atoms with Gasteiger partial charge in [0.1, 0.15) is 0 Å². The van der Waals surface area contributed by atoms with Crippen LogP contribution in [0.5, 0.6) is 0 Å². The van der Waals surface area contributed by atoms with Gasteiger partial charge >= 0.3 is 0 Å². The van der Waals surface area contributed by atoms with Crippen molar-refractivity contribution in [2.75, 3.05) is 18.1 Å². The predicted octanol–water partition coefficient (Wildman–Crippen LogP) is 4.30. The van der Waals surface area contributed by atoms with Crippen LogP contribution in [0.4, 0.5) is 0 Å². The van der Waals surface area contributed by atoms with Crippen molar-refractivity contribution in [3.8, 4) is 0 Å². The smallest absolute Gasteiger partial charge is 0.0783 e. The van der Waals surface area contributed by atoms with Gasteiger partial charge in [-0.15, -0.1) is 0 Å². The molecule has 1 aromatic carbocycles. The van der Waals surface area contributed by atoms with Crippen molar-refractivity contribution < 1.29 is 4.74 Å². The molecule has 2 nitrogen and oxygen atoms in total. The second kappa shape index (κ2) is 6.05. The van der Waals surface area contributed by atoms with E-state index < -0.39 is 0 Å². The van der Waals surface area contributed by atoms with Crippen LogP contribution in [0.15, 0.2) is 18.2 Å². The number of ether oxygens (including phenoxy) is 1. The van der Waals surface area contributed by atoms with Crippen molar-refractivity contribution in [1.82, 2.24) is 0 Å². The highest BCUT2D eigenvalue weighted by Gasteiger charge is 2.42. The lowest BCUT2D eigenvalue weighted by atomic mass is 9.79. The van der Waals surface area contributed by atoms with Crippen LogP contribution in [0.2, 0.25) is 10.0 Å². The number of halogens is 2. The topological polar surface area (TPSA) is 35.2 Å². The van der Waals surface area contributed by atoms with Crippen molar-refractivity contribution in [3.05, 3.63) is 33.8 Å². The fraction of sp³-hybridized carbons (Fsp3) is 0.600. The molecule has 3 atom stereocenters. The molecule has 2 N–H and O–H groups in total. The first-order valence-corrected chi connectivity index (χ1v) is 8.94. The van der Waals surface area contributed by atoms with E-state index in [2.05, 4.69) is 0 Å². The normalized spacial score (nSPS) is 31.6. The fourth-order valence-electron chi connectivity index (χ4n) is 3.27. The van der Waals surface area contributed by atoms with E-state index in [0.29, 0.717) is 16.0 Å². The summed E-state index contributed by atoms with van der Waals surface area (Å²) in [6, 6.07) is 5.65. The Labute approximate surface area is 134 Å². The van der Waals surface area contributed by atoms with E-state index in [4.69, 9.17) is 33.7 Å². The molecule has 110 valence electrons. The van der Waals surface area contributed by atoms with Gasteiger partial charge in [0.05, 0.1) is 15.6 Å². The van der Waals surface area contributed by atoms with Crippen LogP contribution in [-0.2, 0) is 4.74 Å². The molecule has 0 aromatic heterocycles. The van der Waals surface area contributed by atoms with Gasteiger partial charge in [-0.05, 0) is 42.6 Å². The van der Waals surface area contributed by atoms with Gasteiger partial charge in [0.25, 0.3) is 0 Å². The highest BCUT2D eigenvalue weighted by Crippen LogP contribution is 2.44. The van der Waals surface area contributed by atoms with E-state index in [-0.39, 0.29) is 11.6 Å². The van der Waals surface area contributed by atoms with E-state index >= 15 is 0 Å². The fourth-order valence-corrected chi connectivity index (χ4v) is 5.08. The number of rotatable bonds is 2. The Kier molecular flexibility index (Phi) is 4.54. The second-order valence-electron chi connectivity index (χ2n) is 5.76. The first-order chi connectivity index (χ1) is 9.61. The molecule has 0 amide bonds. The number of benzene rings is 1. The highest BCUT2D eigenvalue weighted by molar-refractivity contribution is 7.99. The minimum Gasteiger partial charge on any atom is -0.374 e. The summed E-state index contributed by atoms with van der Waals surface area (Å²) in [7, 11) is 0. The Balaban J connectivity index is 1.79. The zero-order valence-corrected chi connectivity index (χ0v) is 13.6. The van der Waals surface area contributed by atoms with Crippen LogP contribution >= 0.6 is 35.0 Å². The highest BCUT2D eigenvalue weighted by atomic mass is 35.5. The molecule has 3 unspecified atom stereocenters. The molecule has 2 saturated heterocycles. The molecular weight excluding hydrogens is 313 g/mol. The molecule has 0 bridgehead atoms. The quantitative estimate of drug-likeness (QED) is 0.877. The Hall–Kier alpha value is 0.0700. The Morgan fingerprint density at radius 3 is 3.00 bits per heavy atom. The first kappa shape index (κ1) is 15.0. The molecular formula is C15H19Cl2NOS. The lowest BCUT2D eigenvalue weighted by Gasteiger charge is -2.40. The largest absolute Gasteiger partial charge is 0.374 e. The summed E-state index contributed by atoms with van der Waals surface area (Å²) in [4.78, 5) is 0. The SMILES string of the molecule is NC(c1cccc(Cl)c1Cl)C1CCOC2(CCSC2)C1. The van der Waals surface area contributed by atoms with E-state index in [9.17, 15) is 0 Å². The number of nitrogens with two attached hydrogens (primary N) is 1. The average Bonchev–Trinajstić information content (AvgIpc) is 2.89. The maximum atomic E-state index is 6.48. The van der Waals surface area contributed by atoms with Crippen molar-refractivity contribution in [1.29, 1.82) is 0 Å². The molecule has 2 aliphatic heterocycles. The van der Waals surface area contributed by atoms with Gasteiger partial charge in [0.2, 0.25) is 0 Å². The first-order valence-electron chi connectivity index (χ1n) is 7.02. The summed E-state index contributed by atoms with van der Waals surface area (Å²) in [6.07, 6.45) is 3.17. The third kappa shape index (κ3) is 2.84. The van der Waals surface area contributed by atoms with Gasteiger partial charge in [0.15, 0.2) is 0 Å². The van der Waals surface area contributed by atoms with Crippen molar-refractivity contribution in [2.45, 2.75) is 30.9 Å². The summed E-state index contributed by atoms with van der Waals surface area (Å²) in [6.45, 7) is 0.803. The molecule has 1 spiro atoms. The molecule has 5 heteroatoms. The minimum atomic E-state index is -0.0624. The Morgan fingerprint density at radius 1 is 1.40 bits per heavy atom. The van der Waals surface area contributed by atoms with E-state index in [1.807, 2.05) is 23.9 Å². The van der Waals surface area contributed by atoms with Gasteiger partial charge in [-0.3, -0.25) is 0 Å². The molecule has 0 radical (unpaired) electrons. The number of thioether (sulfide) groups is 1. The summed E-state index contributed by atoms with van der Waals surface area (Å²) in [5.74, 6) is 2.71. The number of hydrogen-bond donors (Lipinski definition) is 1. The minimum absolute atomic E-state index is 0.0518. The molecule has 0 aliphatic carbocycles. The van der Waals surface area contributed by atoms with Crippen LogP contribution in [0.1, 0.15) is 30.9 Å². The molecule has 2 heterocycles. The monoisotopic (exact) mass is 331 g/mol. The zero-order valence-electron chi connectivity index (χ0n) is 11.3.